The third-order valence-corrected chi connectivity index (χ3v) is 4.06. The van der Waals surface area contributed by atoms with E-state index in [9.17, 15) is 4.79 Å². The van der Waals surface area contributed by atoms with Crippen molar-refractivity contribution >= 4 is 11.5 Å². The predicted octanol–water partition coefficient (Wildman–Crippen LogP) is 4.40. The van der Waals surface area contributed by atoms with Gasteiger partial charge in [0.25, 0.3) is 0 Å². The lowest BCUT2D eigenvalue weighted by atomic mass is 9.98. The number of Topliss-reactive ketones (excluding diaryl/α,β-unsaturated/α-hetero) is 1. The van der Waals surface area contributed by atoms with E-state index in [0.29, 0.717) is 35.8 Å². The van der Waals surface area contributed by atoms with Crippen LogP contribution in [0.1, 0.15) is 28.4 Å². The highest BCUT2D eigenvalue weighted by Gasteiger charge is 2.26. The number of pyridine rings is 1. The first-order valence-corrected chi connectivity index (χ1v) is 8.30. The molecule has 1 aliphatic rings. The largest absolute Gasteiger partial charge is 0.463 e. The van der Waals surface area contributed by atoms with Gasteiger partial charge in [0.1, 0.15) is 5.71 Å². The van der Waals surface area contributed by atoms with Crippen molar-refractivity contribution in [1.29, 1.82) is 0 Å². The number of hydrogen-bond donors (Lipinski definition) is 0. The number of aliphatic imine (C=N–C) groups is 1. The highest BCUT2D eigenvalue weighted by atomic mass is 16.3. The summed E-state index contributed by atoms with van der Waals surface area (Å²) >= 11 is 0. The third-order valence-electron chi connectivity index (χ3n) is 4.06. The summed E-state index contributed by atoms with van der Waals surface area (Å²) in [5.41, 5.74) is 2.83. The number of nitrogens with zero attached hydrogens (tertiary/aromatic N) is 2. The van der Waals surface area contributed by atoms with Crippen LogP contribution < -0.4 is 0 Å². The van der Waals surface area contributed by atoms with Crippen LogP contribution in [0.2, 0.25) is 0 Å². The van der Waals surface area contributed by atoms with Crippen molar-refractivity contribution in [1.82, 2.24) is 4.98 Å². The zero-order valence-corrected chi connectivity index (χ0v) is 14.0. The zero-order valence-electron chi connectivity index (χ0n) is 14.0. The second kappa shape index (κ2) is 7.19. The Kier molecular flexibility index (Phi) is 4.43. The molecule has 0 bridgehead atoms. The van der Waals surface area contributed by atoms with E-state index >= 15 is 0 Å². The number of carbonyl (C=O) groups excluding carboxylic acids is 1. The highest BCUT2D eigenvalue weighted by Crippen LogP contribution is 2.28. The van der Waals surface area contributed by atoms with Crippen molar-refractivity contribution in [2.24, 2.45) is 4.99 Å². The van der Waals surface area contributed by atoms with E-state index in [1.807, 2.05) is 36.4 Å². The molecule has 0 unspecified atom stereocenters. The van der Waals surface area contributed by atoms with Gasteiger partial charge in [0.05, 0.1) is 24.8 Å². The van der Waals surface area contributed by atoms with Crippen molar-refractivity contribution in [3.63, 3.8) is 0 Å². The monoisotopic (exact) mass is 344 g/mol. The molecule has 1 aliphatic carbocycles. The molecule has 26 heavy (non-hydrogen) atoms. The Labute approximate surface area is 150 Å². The smallest absolute Gasteiger partial charge is 0.228 e. The highest BCUT2D eigenvalue weighted by molar-refractivity contribution is 6.23. The lowest BCUT2D eigenvalue weighted by Gasteiger charge is -2.09. The van der Waals surface area contributed by atoms with Crippen LogP contribution in [0.4, 0.5) is 0 Å². The van der Waals surface area contributed by atoms with Crippen LogP contribution in [-0.4, -0.2) is 16.5 Å². The minimum absolute atomic E-state index is 0.157. The number of allylic oxidation sites excluding steroid dienone is 4. The molecule has 5 heteroatoms. The molecule has 0 radical (unpaired) electrons. The number of hydrogen-bond acceptors (Lipinski definition) is 5. The van der Waals surface area contributed by atoms with E-state index in [2.05, 4.69) is 4.98 Å². The van der Waals surface area contributed by atoms with Crippen LogP contribution in [0, 0.1) is 0 Å². The molecule has 0 amide bonds. The van der Waals surface area contributed by atoms with Crippen molar-refractivity contribution < 1.29 is 13.6 Å². The Hall–Kier alpha value is -3.47. The van der Waals surface area contributed by atoms with Gasteiger partial charge in [0, 0.05) is 17.3 Å². The Bertz CT molecular complexity index is 979. The number of furan rings is 2. The van der Waals surface area contributed by atoms with E-state index in [-0.39, 0.29) is 5.78 Å². The number of ketones is 1. The van der Waals surface area contributed by atoms with Crippen LogP contribution in [0.15, 0.2) is 98.3 Å². The summed E-state index contributed by atoms with van der Waals surface area (Å²) in [6, 6.07) is 12.7. The standard InChI is InChI=1S/C21H16N2O3/c24-21(19-10-5-13-26-19)17-8-3-7-16(17)20(18-9-4-12-25-18)23-14-15-6-1-2-11-22-15/h1-2,4-13H,3,14H2. The summed E-state index contributed by atoms with van der Waals surface area (Å²) in [5, 5.41) is 0. The molecule has 5 nitrogen and oxygen atoms in total. The molecule has 0 aliphatic heterocycles. The van der Waals surface area contributed by atoms with Gasteiger partial charge < -0.3 is 8.83 Å². The Morgan fingerprint density at radius 3 is 2.42 bits per heavy atom. The van der Waals surface area contributed by atoms with E-state index in [0.717, 1.165) is 11.3 Å². The van der Waals surface area contributed by atoms with E-state index in [4.69, 9.17) is 13.8 Å². The molecule has 3 heterocycles. The molecule has 0 aromatic carbocycles. The van der Waals surface area contributed by atoms with Crippen molar-refractivity contribution in [2.45, 2.75) is 13.0 Å². The Morgan fingerprint density at radius 1 is 0.962 bits per heavy atom. The molecule has 0 atom stereocenters. The van der Waals surface area contributed by atoms with Crippen LogP contribution >= 0.6 is 0 Å². The lowest BCUT2D eigenvalue weighted by Crippen LogP contribution is -2.12. The average molecular weight is 344 g/mol. The first-order chi connectivity index (χ1) is 12.8. The van der Waals surface area contributed by atoms with E-state index < -0.39 is 0 Å². The number of rotatable bonds is 6. The summed E-state index contributed by atoms with van der Waals surface area (Å²) in [4.78, 5) is 21.8. The first kappa shape index (κ1) is 16.0. The molecular weight excluding hydrogens is 328 g/mol. The molecule has 0 saturated carbocycles. The van der Waals surface area contributed by atoms with Crippen LogP contribution in [-0.2, 0) is 6.54 Å². The average Bonchev–Trinajstić information content (AvgIpc) is 3.44. The van der Waals surface area contributed by atoms with Crippen molar-refractivity contribution in [3.05, 3.63) is 102 Å². The number of aromatic nitrogens is 1. The van der Waals surface area contributed by atoms with Gasteiger partial charge in [-0.2, -0.15) is 0 Å². The second-order valence-electron chi connectivity index (χ2n) is 5.74. The maximum Gasteiger partial charge on any atom is 0.228 e. The topological polar surface area (TPSA) is 68.6 Å². The summed E-state index contributed by atoms with van der Waals surface area (Å²) in [7, 11) is 0. The van der Waals surface area contributed by atoms with Crippen molar-refractivity contribution in [2.75, 3.05) is 0 Å². The zero-order chi connectivity index (χ0) is 17.8. The second-order valence-corrected chi connectivity index (χ2v) is 5.74. The molecule has 128 valence electrons. The maximum atomic E-state index is 12.8. The molecule has 0 saturated heterocycles. The van der Waals surface area contributed by atoms with Gasteiger partial charge in [-0.05, 0) is 42.8 Å². The van der Waals surface area contributed by atoms with Gasteiger partial charge in [-0.1, -0.05) is 18.2 Å². The van der Waals surface area contributed by atoms with Crippen LogP contribution in [0.3, 0.4) is 0 Å². The van der Waals surface area contributed by atoms with Gasteiger partial charge in [-0.15, -0.1) is 0 Å². The van der Waals surface area contributed by atoms with E-state index in [1.165, 1.54) is 6.26 Å². The summed E-state index contributed by atoms with van der Waals surface area (Å²) < 4.78 is 10.8. The predicted molar refractivity (Wildman–Crippen MR) is 97.0 cm³/mol. The van der Waals surface area contributed by atoms with Gasteiger partial charge in [0.2, 0.25) is 5.78 Å². The quantitative estimate of drug-likeness (QED) is 0.491. The molecule has 3 aromatic rings. The fourth-order valence-electron chi connectivity index (χ4n) is 2.86. The summed E-state index contributed by atoms with van der Waals surface area (Å²) in [6.45, 7) is 0.399. The molecule has 0 fully saturated rings. The molecule has 4 rings (SSSR count). The first-order valence-electron chi connectivity index (χ1n) is 8.30. The minimum atomic E-state index is -0.157. The van der Waals surface area contributed by atoms with Crippen LogP contribution in [0.25, 0.3) is 0 Å². The summed E-state index contributed by atoms with van der Waals surface area (Å²) in [6.07, 6.45) is 9.36. The SMILES string of the molecule is O=C(C1=CCC=C1C(=NCc1ccccn1)c1ccco1)c1ccco1. The maximum absolute atomic E-state index is 12.8. The van der Waals surface area contributed by atoms with Gasteiger partial charge in [-0.25, -0.2) is 0 Å². The Morgan fingerprint density at radius 2 is 1.73 bits per heavy atom. The van der Waals surface area contributed by atoms with Gasteiger partial charge in [0.15, 0.2) is 11.5 Å². The molecule has 0 spiro atoms. The fourth-order valence-corrected chi connectivity index (χ4v) is 2.86. The molecule has 0 N–H and O–H groups in total. The molecular formula is C21H16N2O3. The fraction of sp³-hybridized carbons (Fsp3) is 0.0952. The van der Waals surface area contributed by atoms with E-state index in [1.54, 1.807) is 30.7 Å². The summed E-state index contributed by atoms with van der Waals surface area (Å²) in [5.74, 6) is 0.774. The Balaban J connectivity index is 1.68. The third kappa shape index (κ3) is 3.19. The van der Waals surface area contributed by atoms with Gasteiger partial charge in [-0.3, -0.25) is 14.8 Å². The van der Waals surface area contributed by atoms with Crippen LogP contribution in [0.5, 0.6) is 0 Å². The minimum Gasteiger partial charge on any atom is -0.463 e. The molecule has 3 aromatic heterocycles. The van der Waals surface area contributed by atoms with Crippen molar-refractivity contribution in [3.8, 4) is 0 Å². The lowest BCUT2D eigenvalue weighted by molar-refractivity contribution is 0.101. The normalized spacial score (nSPS) is 14.2. The number of carbonyl (C=O) groups is 1. The van der Waals surface area contributed by atoms with Gasteiger partial charge >= 0.3 is 0 Å².